The monoisotopic (exact) mass is 239 g/mol. The number of hydrogen-bond acceptors (Lipinski definition) is 2. The molecule has 2 nitrogen and oxygen atoms in total. The highest BCUT2D eigenvalue weighted by molar-refractivity contribution is 6.25. The Labute approximate surface area is 102 Å². The molecule has 3 heteroatoms. The summed E-state index contributed by atoms with van der Waals surface area (Å²) in [6, 6.07) is 7.99. The van der Waals surface area contributed by atoms with E-state index < -0.39 is 0 Å². The summed E-state index contributed by atoms with van der Waals surface area (Å²) in [5, 5.41) is 0. The zero-order chi connectivity index (χ0) is 12.0. The van der Waals surface area contributed by atoms with Crippen LogP contribution < -0.4 is 10.5 Å². The molecule has 1 aromatic rings. The molecule has 0 fully saturated rings. The van der Waals surface area contributed by atoms with E-state index >= 15 is 0 Å². The van der Waals surface area contributed by atoms with Crippen molar-refractivity contribution < 1.29 is 4.74 Å². The number of benzene rings is 1. The number of nitrogens with two attached hydrogens (primary N) is 1. The summed E-state index contributed by atoms with van der Waals surface area (Å²) in [5.74, 6) is 0.838. The lowest BCUT2D eigenvalue weighted by atomic mass is 10.1. The van der Waals surface area contributed by atoms with Crippen molar-refractivity contribution in [2.24, 2.45) is 5.73 Å². The molecule has 0 saturated carbocycles. The Morgan fingerprint density at radius 1 is 1.44 bits per heavy atom. The van der Waals surface area contributed by atoms with Gasteiger partial charge in [0.05, 0.1) is 0 Å². The Morgan fingerprint density at radius 2 is 2.06 bits per heavy atom. The zero-order valence-electron chi connectivity index (χ0n) is 9.74. The Kier molecular flexibility index (Phi) is 5.36. The van der Waals surface area contributed by atoms with E-state index in [1.807, 2.05) is 31.2 Å². The minimum absolute atomic E-state index is 0.110. The largest absolute Gasteiger partial charge is 0.489 e. The predicted molar refractivity (Wildman–Crippen MR) is 68.8 cm³/mol. The first kappa shape index (κ1) is 13.1. The molecule has 88 valence electrons. The molecular weight excluding hydrogens is 222 g/mol. The molecule has 0 aliphatic heterocycles. The molecule has 0 amide bonds. The summed E-state index contributed by atoms with van der Waals surface area (Å²) in [6.45, 7) is 4.51. The van der Waals surface area contributed by atoms with Crippen molar-refractivity contribution in [3.63, 3.8) is 0 Å². The van der Waals surface area contributed by atoms with Gasteiger partial charge in [0.25, 0.3) is 0 Å². The van der Waals surface area contributed by atoms with Gasteiger partial charge in [-0.15, -0.1) is 0 Å². The first-order valence-corrected chi connectivity index (χ1v) is 5.85. The van der Waals surface area contributed by atoms with Gasteiger partial charge in [0.1, 0.15) is 12.4 Å². The van der Waals surface area contributed by atoms with Gasteiger partial charge in [-0.25, -0.2) is 0 Å². The fourth-order valence-corrected chi connectivity index (χ4v) is 1.34. The normalized spacial score (nSPS) is 13.6. The van der Waals surface area contributed by atoms with Crippen LogP contribution in [0.25, 0.3) is 0 Å². The summed E-state index contributed by atoms with van der Waals surface area (Å²) >= 11 is 5.55. The maximum atomic E-state index is 5.92. The van der Waals surface area contributed by atoms with Gasteiger partial charge in [-0.1, -0.05) is 30.7 Å². The predicted octanol–water partition coefficient (Wildman–Crippen LogP) is 3.62. The van der Waals surface area contributed by atoms with Crippen LogP contribution in [0.15, 0.2) is 35.4 Å². The Balaban J connectivity index is 2.58. The first-order valence-electron chi connectivity index (χ1n) is 5.41. The summed E-state index contributed by atoms with van der Waals surface area (Å²) in [4.78, 5) is 0. The molecule has 0 spiro atoms. The fraction of sp³-hybridized carbons (Fsp3) is 0.385. The van der Waals surface area contributed by atoms with Gasteiger partial charge in [0, 0.05) is 11.6 Å². The molecule has 1 atom stereocenters. The minimum Gasteiger partial charge on any atom is -0.489 e. The smallest absolute Gasteiger partial charge is 0.119 e. The van der Waals surface area contributed by atoms with Gasteiger partial charge in [-0.05, 0) is 36.6 Å². The maximum Gasteiger partial charge on any atom is 0.119 e. The molecule has 2 N–H and O–H groups in total. The number of hydrogen-bond donors (Lipinski definition) is 1. The number of halogens is 1. The molecule has 1 rings (SSSR count). The van der Waals surface area contributed by atoms with E-state index in [1.54, 1.807) is 0 Å². The second-order valence-corrected chi connectivity index (χ2v) is 4.05. The lowest BCUT2D eigenvalue weighted by Crippen LogP contribution is -2.08. The number of rotatable bonds is 5. The lowest BCUT2D eigenvalue weighted by molar-refractivity contribution is 0.352. The summed E-state index contributed by atoms with van der Waals surface area (Å²) in [7, 11) is 0. The van der Waals surface area contributed by atoms with Crippen LogP contribution in [-0.4, -0.2) is 6.61 Å². The number of ether oxygens (including phenoxy) is 1. The molecule has 0 aromatic heterocycles. The summed E-state index contributed by atoms with van der Waals surface area (Å²) in [6.07, 6.45) is 0.939. The molecule has 0 bridgehead atoms. The third-order valence-corrected chi connectivity index (χ3v) is 2.77. The van der Waals surface area contributed by atoms with Gasteiger partial charge < -0.3 is 10.5 Å². The quantitative estimate of drug-likeness (QED) is 0.852. The highest BCUT2D eigenvalue weighted by atomic mass is 35.5. The van der Waals surface area contributed by atoms with E-state index in [-0.39, 0.29) is 6.04 Å². The van der Waals surface area contributed by atoms with Crippen molar-refractivity contribution >= 4 is 11.6 Å². The van der Waals surface area contributed by atoms with E-state index in [4.69, 9.17) is 22.1 Å². The van der Waals surface area contributed by atoms with Crippen LogP contribution in [0.5, 0.6) is 5.75 Å². The molecule has 1 aromatic carbocycles. The standard InChI is InChI=1S/C13H18ClNO/c1-3-13(15)11-4-6-12(7-5-11)16-9-10(2)8-14/h4-8,13H,3,9,15H2,1-2H3/b10-8+. The minimum atomic E-state index is 0.110. The highest BCUT2D eigenvalue weighted by Gasteiger charge is 2.02. The second-order valence-electron chi connectivity index (χ2n) is 3.83. The molecular formula is C13H18ClNO. The van der Waals surface area contributed by atoms with E-state index in [9.17, 15) is 0 Å². The van der Waals surface area contributed by atoms with Gasteiger partial charge in [0.15, 0.2) is 0 Å². The van der Waals surface area contributed by atoms with Gasteiger partial charge >= 0.3 is 0 Å². The van der Waals surface area contributed by atoms with Crippen LogP contribution in [0.4, 0.5) is 0 Å². The Bertz CT molecular complexity index is 345. The second kappa shape index (κ2) is 6.56. The van der Waals surface area contributed by atoms with Crippen LogP contribution in [-0.2, 0) is 0 Å². The van der Waals surface area contributed by atoms with Gasteiger partial charge in [-0.3, -0.25) is 0 Å². The van der Waals surface area contributed by atoms with Crippen LogP contribution in [0.3, 0.4) is 0 Å². The summed E-state index contributed by atoms with van der Waals surface area (Å²) in [5.41, 5.74) is 9.58. The Morgan fingerprint density at radius 3 is 2.56 bits per heavy atom. The van der Waals surface area contributed by atoms with Crippen LogP contribution in [0, 0.1) is 0 Å². The van der Waals surface area contributed by atoms with Crippen LogP contribution in [0.2, 0.25) is 0 Å². The molecule has 0 aliphatic rings. The van der Waals surface area contributed by atoms with Crippen LogP contribution in [0.1, 0.15) is 31.9 Å². The van der Waals surface area contributed by atoms with Crippen molar-refractivity contribution in [1.29, 1.82) is 0 Å². The molecule has 0 radical (unpaired) electrons. The zero-order valence-corrected chi connectivity index (χ0v) is 10.5. The van der Waals surface area contributed by atoms with Crippen molar-refractivity contribution in [2.75, 3.05) is 6.61 Å². The Hall–Kier alpha value is -0.990. The maximum absolute atomic E-state index is 5.92. The molecule has 1 unspecified atom stereocenters. The van der Waals surface area contributed by atoms with Gasteiger partial charge in [-0.2, -0.15) is 0 Å². The SMILES string of the molecule is CCC(N)c1ccc(OC/C(C)=C/Cl)cc1. The molecule has 0 saturated heterocycles. The van der Waals surface area contributed by atoms with Crippen molar-refractivity contribution in [1.82, 2.24) is 0 Å². The van der Waals surface area contributed by atoms with Crippen LogP contribution >= 0.6 is 11.6 Å². The van der Waals surface area contributed by atoms with E-state index in [1.165, 1.54) is 5.54 Å². The average Bonchev–Trinajstić information content (AvgIpc) is 2.35. The highest BCUT2D eigenvalue weighted by Crippen LogP contribution is 2.18. The molecule has 0 heterocycles. The lowest BCUT2D eigenvalue weighted by Gasteiger charge is -2.10. The topological polar surface area (TPSA) is 35.2 Å². The van der Waals surface area contributed by atoms with Crippen molar-refractivity contribution in [3.8, 4) is 5.75 Å². The first-order chi connectivity index (χ1) is 7.67. The van der Waals surface area contributed by atoms with Crippen molar-refractivity contribution in [2.45, 2.75) is 26.3 Å². The third-order valence-electron chi connectivity index (χ3n) is 2.40. The fourth-order valence-electron chi connectivity index (χ4n) is 1.28. The molecule has 0 aliphatic carbocycles. The van der Waals surface area contributed by atoms with Gasteiger partial charge in [0.2, 0.25) is 0 Å². The average molecular weight is 240 g/mol. The van der Waals surface area contributed by atoms with E-state index in [0.717, 1.165) is 23.3 Å². The molecule has 16 heavy (non-hydrogen) atoms. The van der Waals surface area contributed by atoms with E-state index in [2.05, 4.69) is 6.92 Å². The third kappa shape index (κ3) is 3.87. The van der Waals surface area contributed by atoms with Crippen molar-refractivity contribution in [3.05, 3.63) is 40.9 Å². The van der Waals surface area contributed by atoms with E-state index in [0.29, 0.717) is 6.61 Å². The summed E-state index contributed by atoms with van der Waals surface area (Å²) < 4.78 is 5.53.